The summed E-state index contributed by atoms with van der Waals surface area (Å²) < 4.78 is 12.1. The summed E-state index contributed by atoms with van der Waals surface area (Å²) in [6.45, 7) is 2.89. The van der Waals surface area contributed by atoms with Crippen LogP contribution in [0.15, 0.2) is 65.4 Å². The molecular weight excluding hydrogens is 408 g/mol. The Morgan fingerprint density at radius 2 is 2.00 bits per heavy atom. The summed E-state index contributed by atoms with van der Waals surface area (Å²) in [5.41, 5.74) is 2.66. The molecule has 8 heteroatoms. The molecule has 4 rings (SSSR count). The van der Waals surface area contributed by atoms with Crippen LogP contribution in [0.3, 0.4) is 0 Å². The molecule has 0 unspecified atom stereocenters. The van der Waals surface area contributed by atoms with Gasteiger partial charge in [0, 0.05) is 18.5 Å². The molecule has 0 saturated heterocycles. The van der Waals surface area contributed by atoms with Gasteiger partial charge in [-0.1, -0.05) is 30.3 Å². The number of hydrogen-bond acceptors (Lipinski definition) is 6. The number of hydrogen-bond donors (Lipinski definition) is 1. The number of pyridine rings is 1. The molecule has 0 aliphatic carbocycles. The lowest BCUT2D eigenvalue weighted by molar-refractivity contribution is -0.143. The Labute approximate surface area is 185 Å². The number of fused-ring (bicyclic) bond motifs is 1. The number of nitrogens with one attached hydrogen (secondary N) is 1. The maximum Gasteiger partial charge on any atom is 0.305 e. The molecule has 3 heterocycles. The van der Waals surface area contributed by atoms with Crippen LogP contribution in [0.2, 0.25) is 0 Å². The number of aromatic nitrogens is 3. The van der Waals surface area contributed by atoms with Gasteiger partial charge < -0.3 is 14.5 Å². The van der Waals surface area contributed by atoms with Crippen molar-refractivity contribution in [3.63, 3.8) is 0 Å². The van der Waals surface area contributed by atoms with E-state index in [1.165, 1.54) is 0 Å². The zero-order valence-corrected chi connectivity index (χ0v) is 17.8. The van der Waals surface area contributed by atoms with Crippen LogP contribution in [0.25, 0.3) is 22.3 Å². The van der Waals surface area contributed by atoms with Gasteiger partial charge in [0.1, 0.15) is 12.3 Å². The van der Waals surface area contributed by atoms with Crippen LogP contribution in [0.5, 0.6) is 0 Å². The first kappa shape index (κ1) is 21.3. The SMILES string of the molecule is CCOC(=O)CCCNC(=O)c1cc(-c2ccccc2)nc2c1cnn2Cc1ccco1. The largest absolute Gasteiger partial charge is 0.467 e. The highest BCUT2D eigenvalue weighted by Gasteiger charge is 2.18. The molecule has 1 amide bonds. The fourth-order valence-electron chi connectivity index (χ4n) is 3.42. The minimum Gasteiger partial charge on any atom is -0.467 e. The normalized spacial score (nSPS) is 10.9. The molecule has 0 saturated carbocycles. The summed E-state index contributed by atoms with van der Waals surface area (Å²) in [5.74, 6) is 0.237. The average Bonchev–Trinajstić information content (AvgIpc) is 3.47. The number of esters is 1. The first-order valence-corrected chi connectivity index (χ1v) is 10.5. The molecule has 0 radical (unpaired) electrons. The van der Waals surface area contributed by atoms with Crippen LogP contribution in [-0.4, -0.2) is 39.8 Å². The van der Waals surface area contributed by atoms with Gasteiger partial charge in [-0.25, -0.2) is 9.67 Å². The van der Waals surface area contributed by atoms with E-state index in [1.807, 2.05) is 42.5 Å². The fourth-order valence-corrected chi connectivity index (χ4v) is 3.42. The number of rotatable bonds is 9. The summed E-state index contributed by atoms with van der Waals surface area (Å²) in [7, 11) is 0. The minimum atomic E-state index is -0.265. The van der Waals surface area contributed by atoms with Crippen molar-refractivity contribution in [3.8, 4) is 11.3 Å². The van der Waals surface area contributed by atoms with E-state index in [9.17, 15) is 9.59 Å². The smallest absolute Gasteiger partial charge is 0.305 e. The van der Waals surface area contributed by atoms with Gasteiger partial charge in [-0.2, -0.15) is 5.10 Å². The Morgan fingerprint density at radius 1 is 1.16 bits per heavy atom. The molecule has 4 aromatic rings. The zero-order chi connectivity index (χ0) is 22.3. The van der Waals surface area contributed by atoms with Crippen molar-refractivity contribution in [3.05, 3.63) is 72.3 Å². The van der Waals surface area contributed by atoms with E-state index in [-0.39, 0.29) is 18.3 Å². The number of carbonyl (C=O) groups is 2. The van der Waals surface area contributed by atoms with Crippen LogP contribution in [0.4, 0.5) is 0 Å². The van der Waals surface area contributed by atoms with Gasteiger partial charge in [-0.05, 0) is 31.5 Å². The van der Waals surface area contributed by atoms with Crippen molar-refractivity contribution in [2.24, 2.45) is 0 Å². The summed E-state index contributed by atoms with van der Waals surface area (Å²) in [5, 5.41) is 7.99. The minimum absolute atomic E-state index is 0.240. The predicted octanol–water partition coefficient (Wildman–Crippen LogP) is 3.81. The van der Waals surface area contributed by atoms with Gasteiger partial charge in [0.2, 0.25) is 0 Å². The highest BCUT2D eigenvalue weighted by molar-refractivity contribution is 6.06. The number of nitrogens with zero attached hydrogens (tertiary/aromatic N) is 3. The van der Waals surface area contributed by atoms with Gasteiger partial charge in [0.15, 0.2) is 5.65 Å². The molecular formula is C24H24N4O4. The van der Waals surface area contributed by atoms with Crippen LogP contribution in [0, 0.1) is 0 Å². The third-order valence-electron chi connectivity index (χ3n) is 4.96. The average molecular weight is 432 g/mol. The molecule has 164 valence electrons. The fraction of sp³-hybridized carbons (Fsp3) is 0.250. The Hall–Kier alpha value is -3.94. The number of benzene rings is 1. The van der Waals surface area contributed by atoms with Crippen molar-refractivity contribution < 1.29 is 18.7 Å². The van der Waals surface area contributed by atoms with Crippen molar-refractivity contribution in [1.29, 1.82) is 0 Å². The molecule has 0 aliphatic heterocycles. The van der Waals surface area contributed by atoms with E-state index in [2.05, 4.69) is 10.4 Å². The first-order valence-electron chi connectivity index (χ1n) is 10.5. The predicted molar refractivity (Wildman–Crippen MR) is 119 cm³/mol. The van der Waals surface area contributed by atoms with E-state index in [4.69, 9.17) is 14.1 Å². The number of furan rings is 1. The Kier molecular flexibility index (Phi) is 6.60. The zero-order valence-electron chi connectivity index (χ0n) is 17.8. The van der Waals surface area contributed by atoms with E-state index < -0.39 is 0 Å². The Bertz CT molecular complexity index is 1200. The molecule has 0 aliphatic rings. The molecule has 0 spiro atoms. The summed E-state index contributed by atoms with van der Waals surface area (Å²) >= 11 is 0. The first-order chi connectivity index (χ1) is 15.7. The van der Waals surface area contributed by atoms with Crippen LogP contribution < -0.4 is 5.32 Å². The van der Waals surface area contributed by atoms with Crippen LogP contribution in [-0.2, 0) is 16.1 Å². The van der Waals surface area contributed by atoms with E-state index >= 15 is 0 Å². The number of ether oxygens (including phenoxy) is 1. The molecule has 0 atom stereocenters. The third kappa shape index (κ3) is 4.85. The topological polar surface area (TPSA) is 99.2 Å². The van der Waals surface area contributed by atoms with Crippen molar-refractivity contribution in [2.75, 3.05) is 13.2 Å². The standard InChI is InChI=1S/C24H24N4O4/c1-2-31-22(29)11-6-12-25-24(30)19-14-21(17-8-4-3-5-9-17)27-23-20(19)15-26-28(23)16-18-10-7-13-32-18/h3-5,7-10,13-15H,2,6,11-12,16H2,1H3,(H,25,30). The second kappa shape index (κ2) is 9.91. The lowest BCUT2D eigenvalue weighted by atomic mass is 10.1. The third-order valence-corrected chi connectivity index (χ3v) is 4.96. The molecule has 3 aromatic heterocycles. The summed E-state index contributed by atoms with van der Waals surface area (Å²) in [6, 6.07) is 15.1. The maximum absolute atomic E-state index is 13.0. The molecule has 1 N–H and O–H groups in total. The summed E-state index contributed by atoms with van der Waals surface area (Å²) in [6.07, 6.45) is 4.02. The van der Waals surface area contributed by atoms with Gasteiger partial charge >= 0.3 is 5.97 Å². The number of carbonyl (C=O) groups excluding carboxylic acids is 2. The van der Waals surface area contributed by atoms with Crippen molar-refractivity contribution in [1.82, 2.24) is 20.1 Å². The second-order valence-electron chi connectivity index (χ2n) is 7.20. The molecule has 1 aromatic carbocycles. The molecule has 32 heavy (non-hydrogen) atoms. The lowest BCUT2D eigenvalue weighted by Crippen LogP contribution is -2.25. The second-order valence-corrected chi connectivity index (χ2v) is 7.20. The Balaban J connectivity index is 1.62. The van der Waals surface area contributed by atoms with E-state index in [1.54, 1.807) is 30.1 Å². The highest BCUT2D eigenvalue weighted by Crippen LogP contribution is 2.25. The van der Waals surface area contributed by atoms with Crippen LogP contribution >= 0.6 is 0 Å². The van der Waals surface area contributed by atoms with Gasteiger partial charge in [-0.15, -0.1) is 0 Å². The highest BCUT2D eigenvalue weighted by atomic mass is 16.5. The molecule has 8 nitrogen and oxygen atoms in total. The van der Waals surface area contributed by atoms with Gasteiger partial charge in [0.05, 0.1) is 35.7 Å². The van der Waals surface area contributed by atoms with Gasteiger partial charge in [-0.3, -0.25) is 9.59 Å². The van der Waals surface area contributed by atoms with Crippen LogP contribution in [0.1, 0.15) is 35.9 Å². The monoisotopic (exact) mass is 432 g/mol. The quantitative estimate of drug-likeness (QED) is 0.319. The van der Waals surface area contributed by atoms with Crippen molar-refractivity contribution in [2.45, 2.75) is 26.3 Å². The van der Waals surface area contributed by atoms with E-state index in [0.717, 1.165) is 11.3 Å². The van der Waals surface area contributed by atoms with E-state index in [0.29, 0.717) is 48.4 Å². The van der Waals surface area contributed by atoms with Crippen molar-refractivity contribution >= 4 is 22.9 Å². The summed E-state index contributed by atoms with van der Waals surface area (Å²) in [4.78, 5) is 29.3. The Morgan fingerprint density at radius 3 is 2.75 bits per heavy atom. The van der Waals surface area contributed by atoms with Gasteiger partial charge in [0.25, 0.3) is 5.91 Å². The maximum atomic E-state index is 13.0. The molecule has 0 fully saturated rings. The number of amides is 1. The molecule has 0 bridgehead atoms. The lowest BCUT2D eigenvalue weighted by Gasteiger charge is -2.10.